The number of hydrogen-bond donors (Lipinski definition) is 1. The first-order chi connectivity index (χ1) is 15.3. The summed E-state index contributed by atoms with van der Waals surface area (Å²) in [4.78, 5) is 36.4. The summed E-state index contributed by atoms with van der Waals surface area (Å²) in [6, 6.07) is 9.76. The number of carbonyl (C=O) groups is 2. The predicted octanol–water partition coefficient (Wildman–Crippen LogP) is 4.73. The molecule has 2 unspecified atom stereocenters. The van der Waals surface area contributed by atoms with E-state index in [4.69, 9.17) is 4.99 Å². The molecule has 0 saturated heterocycles. The molecular weight excluding hydrogens is 434 g/mol. The fraction of sp³-hybridized carbons (Fsp3) is 0.304. The van der Waals surface area contributed by atoms with Gasteiger partial charge in [-0.15, -0.1) is 0 Å². The Balaban J connectivity index is 1.65. The van der Waals surface area contributed by atoms with Crippen LogP contribution in [0.2, 0.25) is 0 Å². The summed E-state index contributed by atoms with van der Waals surface area (Å²) >= 11 is 1.18. The molecule has 4 rings (SSSR count). The van der Waals surface area contributed by atoms with Gasteiger partial charge in [0.05, 0.1) is 16.6 Å². The minimum atomic E-state index is -0.719. The number of amides is 2. The number of fused-ring (bicyclic) bond motifs is 3. The van der Waals surface area contributed by atoms with Crippen LogP contribution in [0, 0.1) is 17.6 Å². The van der Waals surface area contributed by atoms with E-state index in [1.807, 2.05) is 45.0 Å². The number of benzene rings is 2. The number of para-hydroxylation sites is 1. The summed E-state index contributed by atoms with van der Waals surface area (Å²) in [5, 5.41) is 2.30. The number of hydrogen-bond acceptors (Lipinski definition) is 5. The lowest BCUT2D eigenvalue weighted by Crippen LogP contribution is -2.47. The number of halogens is 2. The number of amidine groups is 2. The van der Waals surface area contributed by atoms with Crippen molar-refractivity contribution < 1.29 is 18.4 Å². The second-order valence-electron chi connectivity index (χ2n) is 7.87. The molecule has 0 spiro atoms. The maximum atomic E-state index is 14.0. The van der Waals surface area contributed by atoms with Gasteiger partial charge in [-0.3, -0.25) is 14.5 Å². The minimum absolute atomic E-state index is 0.0323. The molecule has 1 N–H and O–H groups in total. The Hall–Kier alpha value is -3.07. The van der Waals surface area contributed by atoms with Crippen LogP contribution in [-0.2, 0) is 9.59 Å². The first kappa shape index (κ1) is 22.1. The van der Waals surface area contributed by atoms with Gasteiger partial charge in [-0.1, -0.05) is 44.7 Å². The smallest absolute Gasteiger partial charge is 0.271 e. The number of anilines is 1. The second-order valence-corrected chi connectivity index (χ2v) is 9.04. The Labute approximate surface area is 188 Å². The SMILES string of the molecule is CCC(SC1=Nc2ccccc2C2=NC(=O)C(C(C)C)N12)C(=O)Nc1cc(F)ccc1F. The molecule has 2 aromatic rings. The summed E-state index contributed by atoms with van der Waals surface area (Å²) < 4.78 is 27.5. The van der Waals surface area contributed by atoms with E-state index in [0.717, 1.165) is 23.8 Å². The fourth-order valence-electron chi connectivity index (χ4n) is 3.71. The molecule has 2 amide bonds. The van der Waals surface area contributed by atoms with Crippen molar-refractivity contribution in [2.45, 2.75) is 38.5 Å². The molecule has 6 nitrogen and oxygen atoms in total. The van der Waals surface area contributed by atoms with Crippen molar-refractivity contribution in [1.82, 2.24) is 4.90 Å². The lowest BCUT2D eigenvalue weighted by Gasteiger charge is -2.33. The van der Waals surface area contributed by atoms with E-state index in [1.165, 1.54) is 11.8 Å². The summed E-state index contributed by atoms with van der Waals surface area (Å²) in [5.74, 6) is -1.61. The summed E-state index contributed by atoms with van der Waals surface area (Å²) in [5.41, 5.74) is 1.20. The zero-order chi connectivity index (χ0) is 23.0. The van der Waals surface area contributed by atoms with Crippen LogP contribution >= 0.6 is 11.8 Å². The van der Waals surface area contributed by atoms with Gasteiger partial charge in [0.1, 0.15) is 23.5 Å². The van der Waals surface area contributed by atoms with Crippen molar-refractivity contribution in [3.8, 4) is 0 Å². The Kier molecular flexibility index (Phi) is 6.10. The highest BCUT2D eigenvalue weighted by atomic mass is 32.2. The van der Waals surface area contributed by atoms with Crippen LogP contribution in [-0.4, -0.2) is 39.0 Å². The summed E-state index contributed by atoms with van der Waals surface area (Å²) in [7, 11) is 0. The lowest BCUT2D eigenvalue weighted by molar-refractivity contribution is -0.120. The van der Waals surface area contributed by atoms with Gasteiger partial charge in [-0.2, -0.15) is 4.99 Å². The molecule has 2 atom stereocenters. The molecule has 32 heavy (non-hydrogen) atoms. The number of thioether (sulfide) groups is 1. The molecule has 2 heterocycles. The van der Waals surface area contributed by atoms with Gasteiger partial charge >= 0.3 is 0 Å². The number of aliphatic imine (C=N–C) groups is 2. The van der Waals surface area contributed by atoms with Crippen molar-refractivity contribution in [1.29, 1.82) is 0 Å². The average molecular weight is 457 g/mol. The van der Waals surface area contributed by atoms with Crippen LogP contribution in [0.25, 0.3) is 0 Å². The zero-order valence-corrected chi connectivity index (χ0v) is 18.6. The van der Waals surface area contributed by atoms with Gasteiger partial charge in [0.2, 0.25) is 5.91 Å². The third-order valence-electron chi connectivity index (χ3n) is 5.27. The van der Waals surface area contributed by atoms with Crippen LogP contribution in [0.4, 0.5) is 20.2 Å². The monoisotopic (exact) mass is 456 g/mol. The molecule has 9 heteroatoms. The first-order valence-electron chi connectivity index (χ1n) is 10.3. The van der Waals surface area contributed by atoms with Crippen molar-refractivity contribution in [3.63, 3.8) is 0 Å². The van der Waals surface area contributed by atoms with E-state index in [0.29, 0.717) is 23.1 Å². The predicted molar refractivity (Wildman–Crippen MR) is 122 cm³/mol. The number of carbonyl (C=O) groups excluding carboxylic acids is 2. The number of nitrogens with zero attached hydrogens (tertiary/aromatic N) is 3. The lowest BCUT2D eigenvalue weighted by atomic mass is 10.0. The van der Waals surface area contributed by atoms with Gasteiger partial charge < -0.3 is 5.32 Å². The molecule has 0 saturated carbocycles. The topological polar surface area (TPSA) is 74.1 Å². The Bertz CT molecular complexity index is 1150. The quantitative estimate of drug-likeness (QED) is 0.706. The molecule has 2 aromatic carbocycles. The molecule has 166 valence electrons. The Morgan fingerprint density at radius 2 is 1.94 bits per heavy atom. The third-order valence-corrected chi connectivity index (χ3v) is 6.60. The molecule has 2 aliphatic heterocycles. The van der Waals surface area contributed by atoms with E-state index in [2.05, 4.69) is 10.3 Å². The standard InChI is InChI=1S/C23H22F2N4O2S/c1-4-18(21(30)26-17-11-13(24)9-10-15(17)25)32-23-27-16-8-6-5-7-14(16)20-28-22(31)19(12(2)3)29(20)23/h5-12,18-19H,4H2,1-3H3,(H,26,30). The Morgan fingerprint density at radius 1 is 1.19 bits per heavy atom. The molecule has 0 aliphatic carbocycles. The molecule has 2 aliphatic rings. The van der Waals surface area contributed by atoms with Crippen LogP contribution in [0.15, 0.2) is 52.4 Å². The van der Waals surface area contributed by atoms with Crippen molar-refractivity contribution in [2.24, 2.45) is 15.9 Å². The maximum absolute atomic E-state index is 14.0. The summed E-state index contributed by atoms with van der Waals surface area (Å²) in [6.07, 6.45) is 0.411. The van der Waals surface area contributed by atoms with Crippen molar-refractivity contribution in [2.75, 3.05) is 5.32 Å². The van der Waals surface area contributed by atoms with E-state index >= 15 is 0 Å². The molecule has 0 aromatic heterocycles. The maximum Gasteiger partial charge on any atom is 0.271 e. The van der Waals surface area contributed by atoms with Gasteiger partial charge in [-0.25, -0.2) is 13.8 Å². The van der Waals surface area contributed by atoms with Gasteiger partial charge in [0, 0.05) is 11.6 Å². The summed E-state index contributed by atoms with van der Waals surface area (Å²) in [6.45, 7) is 5.68. The number of rotatable bonds is 5. The van der Waals surface area contributed by atoms with E-state index in [9.17, 15) is 18.4 Å². The van der Waals surface area contributed by atoms with Crippen LogP contribution in [0.1, 0.15) is 32.8 Å². The highest BCUT2D eigenvalue weighted by Gasteiger charge is 2.44. The fourth-order valence-corrected chi connectivity index (χ4v) is 4.76. The van der Waals surface area contributed by atoms with Crippen molar-refractivity contribution >= 4 is 46.0 Å². The normalized spacial score (nSPS) is 18.1. The highest BCUT2D eigenvalue weighted by molar-refractivity contribution is 8.15. The minimum Gasteiger partial charge on any atom is -0.323 e. The van der Waals surface area contributed by atoms with Crippen LogP contribution < -0.4 is 5.32 Å². The first-order valence-corrected chi connectivity index (χ1v) is 11.2. The molecule has 0 radical (unpaired) electrons. The van der Waals surface area contributed by atoms with Gasteiger partial charge in [0.15, 0.2) is 5.17 Å². The average Bonchev–Trinajstić information content (AvgIpc) is 3.12. The van der Waals surface area contributed by atoms with Crippen LogP contribution in [0.5, 0.6) is 0 Å². The second kappa shape index (κ2) is 8.82. The number of nitrogens with one attached hydrogen (secondary N) is 1. The molecular formula is C23H22F2N4O2S. The largest absolute Gasteiger partial charge is 0.323 e. The van der Waals surface area contributed by atoms with E-state index in [1.54, 1.807) is 4.90 Å². The Morgan fingerprint density at radius 3 is 2.66 bits per heavy atom. The van der Waals surface area contributed by atoms with Crippen molar-refractivity contribution in [3.05, 3.63) is 59.7 Å². The van der Waals surface area contributed by atoms with E-state index < -0.39 is 28.8 Å². The zero-order valence-electron chi connectivity index (χ0n) is 17.8. The molecule has 0 bridgehead atoms. The highest BCUT2D eigenvalue weighted by Crippen LogP contribution is 2.37. The third kappa shape index (κ3) is 4.04. The van der Waals surface area contributed by atoms with E-state index in [-0.39, 0.29) is 17.5 Å². The van der Waals surface area contributed by atoms with Crippen LogP contribution in [0.3, 0.4) is 0 Å². The van der Waals surface area contributed by atoms with Gasteiger partial charge in [0.25, 0.3) is 5.91 Å². The van der Waals surface area contributed by atoms with Gasteiger partial charge in [-0.05, 0) is 36.6 Å². The molecule has 0 fully saturated rings.